The maximum Gasteiger partial charge on any atom is 0.292 e. The molecule has 1 rings (SSSR count). The highest BCUT2D eigenvalue weighted by atomic mass is 32.2. The molecule has 0 spiro atoms. The molecular formula is C9H6N2O5S. The second kappa shape index (κ2) is 5.18. The van der Waals surface area contributed by atoms with E-state index in [4.69, 9.17) is 4.74 Å². The van der Waals surface area contributed by atoms with Crippen LogP contribution < -0.4 is 4.74 Å². The van der Waals surface area contributed by atoms with E-state index in [-0.39, 0.29) is 16.3 Å². The van der Waals surface area contributed by atoms with Gasteiger partial charge >= 0.3 is 0 Å². The van der Waals surface area contributed by atoms with E-state index in [0.29, 0.717) is 0 Å². The molecule has 8 heteroatoms. The number of hydrogen-bond acceptors (Lipinski definition) is 6. The molecule has 0 saturated heterocycles. The third-order valence-corrected chi connectivity index (χ3v) is 2.94. The number of benzene rings is 1. The monoisotopic (exact) mass is 254 g/mol. The molecule has 0 saturated carbocycles. The van der Waals surface area contributed by atoms with Gasteiger partial charge in [0.25, 0.3) is 16.1 Å². The lowest BCUT2D eigenvalue weighted by Gasteiger charge is -2.04. The number of nitrogens with zero attached hydrogens (tertiary/aromatic N) is 2. The zero-order chi connectivity index (χ0) is 12.9. The van der Waals surface area contributed by atoms with Crippen LogP contribution in [0.2, 0.25) is 0 Å². The van der Waals surface area contributed by atoms with E-state index in [1.165, 1.54) is 25.3 Å². The Balaban J connectivity index is 3.45. The molecule has 0 radical (unpaired) electrons. The maximum absolute atomic E-state index is 11.4. The van der Waals surface area contributed by atoms with Crippen molar-refractivity contribution in [2.45, 2.75) is 4.90 Å². The van der Waals surface area contributed by atoms with Gasteiger partial charge in [-0.2, -0.15) is 13.4 Å². The molecule has 0 amide bonds. The summed E-state index contributed by atoms with van der Waals surface area (Å²) in [5, 5.41) is 0. The van der Waals surface area contributed by atoms with Gasteiger partial charge in [-0.3, -0.25) is 0 Å². The number of methoxy groups -OCH3 is 1. The molecule has 88 valence electrons. The zero-order valence-electron chi connectivity index (χ0n) is 8.58. The molecule has 0 aliphatic carbocycles. The van der Waals surface area contributed by atoms with Crippen molar-refractivity contribution in [1.82, 2.24) is 0 Å². The fourth-order valence-corrected chi connectivity index (χ4v) is 1.77. The Morgan fingerprint density at radius 3 is 2.47 bits per heavy atom. The highest BCUT2D eigenvalue weighted by molar-refractivity contribution is 7.90. The minimum absolute atomic E-state index is 0.0235. The SMILES string of the molecule is COc1ccc(S(=O)(=O)N=C=O)cc1N=C=O. The van der Waals surface area contributed by atoms with Gasteiger partial charge in [-0.15, -0.1) is 0 Å². The summed E-state index contributed by atoms with van der Waals surface area (Å²) < 4.78 is 30.3. The second-order valence-corrected chi connectivity index (χ2v) is 4.30. The van der Waals surface area contributed by atoms with Gasteiger partial charge in [0.15, 0.2) is 0 Å². The first-order valence-electron chi connectivity index (χ1n) is 4.15. The smallest absolute Gasteiger partial charge is 0.292 e. The Kier molecular flexibility index (Phi) is 3.90. The zero-order valence-corrected chi connectivity index (χ0v) is 9.39. The Morgan fingerprint density at radius 2 is 1.94 bits per heavy atom. The van der Waals surface area contributed by atoms with Crippen LogP contribution in [0.5, 0.6) is 5.75 Å². The molecule has 1 aromatic rings. The van der Waals surface area contributed by atoms with E-state index in [9.17, 15) is 18.0 Å². The van der Waals surface area contributed by atoms with Crippen molar-refractivity contribution in [2.75, 3.05) is 7.11 Å². The van der Waals surface area contributed by atoms with Crippen molar-refractivity contribution < 1.29 is 22.7 Å². The summed E-state index contributed by atoms with van der Waals surface area (Å²) in [6.07, 6.45) is 2.20. The Labute approximate surface area is 96.5 Å². The van der Waals surface area contributed by atoms with Crippen LogP contribution in [0.25, 0.3) is 0 Å². The van der Waals surface area contributed by atoms with Crippen LogP contribution in [0.1, 0.15) is 0 Å². The number of sulfonamides is 1. The predicted octanol–water partition coefficient (Wildman–Crippen LogP) is 0.687. The largest absolute Gasteiger partial charge is 0.494 e. The van der Waals surface area contributed by atoms with Crippen molar-refractivity contribution in [3.8, 4) is 5.75 Å². The molecule has 17 heavy (non-hydrogen) atoms. The number of aliphatic imine (C=N–C) groups is 1. The first-order valence-corrected chi connectivity index (χ1v) is 5.59. The number of carbonyl (C=O) groups excluding carboxylic acids is 2. The molecule has 0 fully saturated rings. The third-order valence-electron chi connectivity index (χ3n) is 1.77. The standard InChI is InChI=1S/C9H6N2O5S/c1-16-9-3-2-7(4-8(9)10-5-12)17(14,15)11-6-13/h2-4H,1H3. The quantitative estimate of drug-likeness (QED) is 0.580. The van der Waals surface area contributed by atoms with Crippen molar-refractivity contribution >= 4 is 27.9 Å². The van der Waals surface area contributed by atoms with E-state index < -0.39 is 10.0 Å². The van der Waals surface area contributed by atoms with Crippen LogP contribution in [0.3, 0.4) is 0 Å². The topological polar surface area (TPSA) is 102 Å². The van der Waals surface area contributed by atoms with Gasteiger partial charge in [-0.1, -0.05) is 4.40 Å². The van der Waals surface area contributed by atoms with Gasteiger partial charge in [0.1, 0.15) is 11.4 Å². The Hall–Kier alpha value is -2.27. The molecule has 0 N–H and O–H groups in total. The lowest BCUT2D eigenvalue weighted by Crippen LogP contribution is -1.96. The van der Waals surface area contributed by atoms with Crippen LogP contribution in [0.4, 0.5) is 5.69 Å². The molecule has 7 nitrogen and oxygen atoms in total. The summed E-state index contributed by atoms with van der Waals surface area (Å²) in [7, 11) is -2.79. The predicted molar refractivity (Wildman–Crippen MR) is 56.1 cm³/mol. The van der Waals surface area contributed by atoms with E-state index in [0.717, 1.165) is 12.1 Å². The van der Waals surface area contributed by atoms with E-state index in [1.54, 1.807) is 0 Å². The van der Waals surface area contributed by atoms with Crippen LogP contribution in [-0.4, -0.2) is 27.7 Å². The van der Waals surface area contributed by atoms with Crippen LogP contribution >= 0.6 is 0 Å². The van der Waals surface area contributed by atoms with Crippen LogP contribution in [0.15, 0.2) is 32.5 Å². The molecule has 1 aromatic carbocycles. The molecule has 0 heterocycles. The van der Waals surface area contributed by atoms with Crippen molar-refractivity contribution in [1.29, 1.82) is 0 Å². The minimum atomic E-state index is -4.12. The molecule has 0 aromatic heterocycles. The van der Waals surface area contributed by atoms with Crippen molar-refractivity contribution in [3.63, 3.8) is 0 Å². The molecular weight excluding hydrogens is 248 g/mol. The van der Waals surface area contributed by atoms with Gasteiger partial charge in [0, 0.05) is 0 Å². The van der Waals surface area contributed by atoms with Gasteiger partial charge in [0.05, 0.1) is 12.0 Å². The van der Waals surface area contributed by atoms with Gasteiger partial charge in [-0.25, -0.2) is 9.59 Å². The highest BCUT2D eigenvalue weighted by Crippen LogP contribution is 2.30. The highest BCUT2D eigenvalue weighted by Gasteiger charge is 2.15. The summed E-state index contributed by atoms with van der Waals surface area (Å²) in [4.78, 5) is 23.1. The van der Waals surface area contributed by atoms with Gasteiger partial charge in [0.2, 0.25) is 6.08 Å². The number of isocyanates is 2. The normalized spacial score (nSPS) is 9.94. The fraction of sp³-hybridized carbons (Fsp3) is 0.111. The first-order chi connectivity index (χ1) is 8.05. The second-order valence-electron chi connectivity index (χ2n) is 2.69. The maximum atomic E-state index is 11.4. The van der Waals surface area contributed by atoms with Gasteiger partial charge in [-0.05, 0) is 18.2 Å². The summed E-state index contributed by atoms with van der Waals surface area (Å²) in [6.45, 7) is 0. The van der Waals surface area contributed by atoms with E-state index in [1.807, 2.05) is 0 Å². The number of ether oxygens (including phenoxy) is 1. The van der Waals surface area contributed by atoms with E-state index in [2.05, 4.69) is 9.39 Å². The van der Waals surface area contributed by atoms with Gasteiger partial charge < -0.3 is 4.74 Å². The molecule has 0 atom stereocenters. The minimum Gasteiger partial charge on any atom is -0.494 e. The Bertz CT molecular complexity index is 625. The van der Waals surface area contributed by atoms with Crippen LogP contribution in [-0.2, 0) is 19.6 Å². The average molecular weight is 254 g/mol. The molecule has 0 bridgehead atoms. The number of hydrogen-bond donors (Lipinski definition) is 0. The molecule has 0 aliphatic heterocycles. The van der Waals surface area contributed by atoms with Crippen molar-refractivity contribution in [3.05, 3.63) is 18.2 Å². The number of rotatable bonds is 4. The lowest BCUT2D eigenvalue weighted by molar-refractivity contribution is 0.415. The summed E-state index contributed by atoms with van der Waals surface area (Å²) in [5.41, 5.74) is -0.0235. The average Bonchev–Trinajstić information content (AvgIpc) is 2.29. The summed E-state index contributed by atoms with van der Waals surface area (Å²) in [5.74, 6) is 0.197. The fourth-order valence-electron chi connectivity index (χ4n) is 1.07. The summed E-state index contributed by atoms with van der Waals surface area (Å²) in [6, 6.07) is 3.49. The molecule has 0 aliphatic rings. The van der Waals surface area contributed by atoms with E-state index >= 15 is 0 Å². The lowest BCUT2D eigenvalue weighted by atomic mass is 10.3. The van der Waals surface area contributed by atoms with Crippen molar-refractivity contribution in [2.24, 2.45) is 9.39 Å². The molecule has 0 unspecified atom stereocenters. The van der Waals surface area contributed by atoms with Crippen LogP contribution in [0, 0.1) is 0 Å². The Morgan fingerprint density at radius 1 is 1.24 bits per heavy atom. The summed E-state index contributed by atoms with van der Waals surface area (Å²) >= 11 is 0. The first kappa shape index (κ1) is 12.8. The third kappa shape index (κ3) is 2.85.